The standard InChI is InChI=1S/C16H18N2O3/c1-16(8-3-9-21-10-16)18-14-7-6-11-12(15(19)20)4-2-5-13(11)17-14/h2,4-7H,3,8-10H2,1H3,(H,17,18)(H,19,20). The van der Waals surface area contributed by atoms with Crippen LogP contribution in [0.3, 0.4) is 0 Å². The SMILES string of the molecule is CC1(Nc2ccc3c(C(=O)O)cccc3n2)CCCOC1. The van der Waals surface area contributed by atoms with Crippen LogP contribution in [0.4, 0.5) is 5.82 Å². The Morgan fingerprint density at radius 1 is 1.38 bits per heavy atom. The second-order valence-corrected chi connectivity index (χ2v) is 5.72. The number of rotatable bonds is 3. The minimum absolute atomic E-state index is 0.122. The third-order valence-electron chi connectivity index (χ3n) is 3.83. The summed E-state index contributed by atoms with van der Waals surface area (Å²) in [7, 11) is 0. The molecular formula is C16H18N2O3. The lowest BCUT2D eigenvalue weighted by molar-refractivity contribution is 0.0539. The van der Waals surface area contributed by atoms with E-state index in [9.17, 15) is 9.90 Å². The summed E-state index contributed by atoms with van der Waals surface area (Å²) < 4.78 is 5.53. The smallest absolute Gasteiger partial charge is 0.336 e. The molecule has 1 fully saturated rings. The number of benzene rings is 1. The Morgan fingerprint density at radius 2 is 2.24 bits per heavy atom. The monoisotopic (exact) mass is 286 g/mol. The van der Waals surface area contributed by atoms with Crippen molar-refractivity contribution in [3.63, 3.8) is 0 Å². The number of anilines is 1. The van der Waals surface area contributed by atoms with Crippen molar-refractivity contribution in [3.8, 4) is 0 Å². The number of hydrogen-bond acceptors (Lipinski definition) is 4. The quantitative estimate of drug-likeness (QED) is 0.907. The maximum absolute atomic E-state index is 11.2. The van der Waals surface area contributed by atoms with Crippen LogP contribution < -0.4 is 5.32 Å². The van der Waals surface area contributed by atoms with E-state index >= 15 is 0 Å². The van der Waals surface area contributed by atoms with Crippen molar-refractivity contribution in [2.24, 2.45) is 0 Å². The van der Waals surface area contributed by atoms with Crippen molar-refractivity contribution >= 4 is 22.7 Å². The molecule has 1 aromatic heterocycles. The number of fused-ring (bicyclic) bond motifs is 1. The van der Waals surface area contributed by atoms with Crippen LogP contribution in [-0.4, -0.2) is 34.8 Å². The molecule has 2 heterocycles. The van der Waals surface area contributed by atoms with Gasteiger partial charge in [0.05, 0.1) is 23.2 Å². The van der Waals surface area contributed by atoms with E-state index in [1.165, 1.54) is 0 Å². The molecule has 21 heavy (non-hydrogen) atoms. The molecule has 1 aliphatic heterocycles. The number of carboxylic acid groups (broad SMARTS) is 1. The van der Waals surface area contributed by atoms with Crippen LogP contribution in [0.25, 0.3) is 10.9 Å². The Hall–Kier alpha value is -2.14. The first-order chi connectivity index (χ1) is 10.1. The molecule has 0 saturated carbocycles. The lowest BCUT2D eigenvalue weighted by Crippen LogP contribution is -2.43. The zero-order valence-corrected chi connectivity index (χ0v) is 11.9. The molecule has 0 radical (unpaired) electrons. The Balaban J connectivity index is 1.93. The molecule has 0 aliphatic carbocycles. The predicted molar refractivity (Wildman–Crippen MR) is 80.8 cm³/mol. The molecule has 5 nitrogen and oxygen atoms in total. The van der Waals surface area contributed by atoms with Crippen LogP contribution in [0.15, 0.2) is 30.3 Å². The molecular weight excluding hydrogens is 268 g/mol. The molecule has 1 saturated heterocycles. The molecule has 3 rings (SSSR count). The Labute approximate surface area is 123 Å². The third-order valence-corrected chi connectivity index (χ3v) is 3.83. The summed E-state index contributed by atoms with van der Waals surface area (Å²) in [6, 6.07) is 8.77. The fourth-order valence-corrected chi connectivity index (χ4v) is 2.75. The van der Waals surface area contributed by atoms with Gasteiger partial charge in [-0.25, -0.2) is 9.78 Å². The van der Waals surface area contributed by atoms with Crippen molar-refractivity contribution in [1.29, 1.82) is 0 Å². The first-order valence-corrected chi connectivity index (χ1v) is 7.06. The van der Waals surface area contributed by atoms with Gasteiger partial charge in [0.2, 0.25) is 0 Å². The minimum atomic E-state index is -0.934. The molecule has 1 atom stereocenters. The average molecular weight is 286 g/mol. The highest BCUT2D eigenvalue weighted by molar-refractivity contribution is 6.02. The molecule has 0 amide bonds. The molecule has 2 aromatic rings. The Bertz CT molecular complexity index is 678. The van der Waals surface area contributed by atoms with Gasteiger partial charge in [-0.15, -0.1) is 0 Å². The number of nitrogens with zero attached hydrogens (tertiary/aromatic N) is 1. The summed E-state index contributed by atoms with van der Waals surface area (Å²) in [5.74, 6) is -0.186. The van der Waals surface area contributed by atoms with Gasteiger partial charge in [-0.05, 0) is 44.0 Å². The van der Waals surface area contributed by atoms with E-state index in [-0.39, 0.29) is 11.1 Å². The van der Waals surface area contributed by atoms with Crippen LogP contribution in [0.5, 0.6) is 0 Å². The Kier molecular flexibility index (Phi) is 3.51. The van der Waals surface area contributed by atoms with Crippen molar-refractivity contribution in [3.05, 3.63) is 35.9 Å². The number of carboxylic acids is 1. The molecule has 2 N–H and O–H groups in total. The topological polar surface area (TPSA) is 71.5 Å². The lowest BCUT2D eigenvalue weighted by atomic mass is 9.95. The van der Waals surface area contributed by atoms with E-state index in [2.05, 4.69) is 17.2 Å². The zero-order valence-electron chi connectivity index (χ0n) is 11.9. The zero-order chi connectivity index (χ0) is 14.9. The van der Waals surface area contributed by atoms with Crippen LogP contribution in [0.1, 0.15) is 30.1 Å². The predicted octanol–water partition coefficient (Wildman–Crippen LogP) is 2.91. The van der Waals surface area contributed by atoms with Crippen molar-refractivity contribution in [2.75, 3.05) is 18.5 Å². The van der Waals surface area contributed by atoms with E-state index in [0.717, 1.165) is 25.3 Å². The molecule has 1 aromatic carbocycles. The van der Waals surface area contributed by atoms with Gasteiger partial charge in [-0.3, -0.25) is 0 Å². The summed E-state index contributed by atoms with van der Waals surface area (Å²) >= 11 is 0. The second kappa shape index (κ2) is 5.33. The van der Waals surface area contributed by atoms with Crippen LogP contribution in [0, 0.1) is 0 Å². The van der Waals surface area contributed by atoms with E-state index in [1.807, 2.05) is 12.1 Å². The van der Waals surface area contributed by atoms with Crippen LogP contribution in [-0.2, 0) is 4.74 Å². The average Bonchev–Trinajstić information content (AvgIpc) is 2.46. The number of hydrogen-bond donors (Lipinski definition) is 2. The first-order valence-electron chi connectivity index (χ1n) is 7.06. The van der Waals surface area contributed by atoms with Crippen molar-refractivity contribution < 1.29 is 14.6 Å². The van der Waals surface area contributed by atoms with Gasteiger partial charge in [0, 0.05) is 12.0 Å². The molecule has 1 aliphatic rings. The molecule has 0 bridgehead atoms. The van der Waals surface area contributed by atoms with Gasteiger partial charge >= 0.3 is 5.97 Å². The number of nitrogens with one attached hydrogen (secondary N) is 1. The Morgan fingerprint density at radius 3 is 2.95 bits per heavy atom. The summed E-state index contributed by atoms with van der Waals surface area (Å²) in [4.78, 5) is 15.7. The maximum atomic E-state index is 11.2. The van der Waals surface area contributed by atoms with Gasteiger partial charge in [-0.1, -0.05) is 6.07 Å². The highest BCUT2D eigenvalue weighted by atomic mass is 16.5. The van der Waals surface area contributed by atoms with Crippen LogP contribution >= 0.6 is 0 Å². The van der Waals surface area contributed by atoms with E-state index in [0.29, 0.717) is 17.5 Å². The fourth-order valence-electron chi connectivity index (χ4n) is 2.75. The van der Waals surface area contributed by atoms with Crippen molar-refractivity contribution in [1.82, 2.24) is 4.98 Å². The van der Waals surface area contributed by atoms with Gasteiger partial charge in [-0.2, -0.15) is 0 Å². The lowest BCUT2D eigenvalue weighted by Gasteiger charge is -2.34. The normalized spacial score (nSPS) is 22.1. The summed E-state index contributed by atoms with van der Waals surface area (Å²) in [6.07, 6.45) is 2.06. The van der Waals surface area contributed by atoms with Gasteiger partial charge in [0.15, 0.2) is 0 Å². The minimum Gasteiger partial charge on any atom is -0.478 e. The number of aromatic carboxylic acids is 1. The second-order valence-electron chi connectivity index (χ2n) is 5.72. The third kappa shape index (κ3) is 2.83. The van der Waals surface area contributed by atoms with E-state index < -0.39 is 5.97 Å². The highest BCUT2D eigenvalue weighted by Crippen LogP contribution is 2.25. The number of pyridine rings is 1. The molecule has 1 unspecified atom stereocenters. The number of aromatic nitrogens is 1. The first kappa shape index (κ1) is 13.8. The molecule has 5 heteroatoms. The summed E-state index contributed by atoms with van der Waals surface area (Å²) in [5.41, 5.74) is 0.836. The van der Waals surface area contributed by atoms with Crippen molar-refractivity contribution in [2.45, 2.75) is 25.3 Å². The number of ether oxygens (including phenoxy) is 1. The van der Waals surface area contributed by atoms with Gasteiger partial charge < -0.3 is 15.2 Å². The van der Waals surface area contributed by atoms with Gasteiger partial charge in [0.25, 0.3) is 0 Å². The summed E-state index contributed by atoms with van der Waals surface area (Å²) in [5, 5.41) is 13.3. The largest absolute Gasteiger partial charge is 0.478 e. The maximum Gasteiger partial charge on any atom is 0.336 e. The van der Waals surface area contributed by atoms with E-state index in [1.54, 1.807) is 18.2 Å². The van der Waals surface area contributed by atoms with Crippen LogP contribution in [0.2, 0.25) is 0 Å². The summed E-state index contributed by atoms with van der Waals surface area (Å²) in [6.45, 7) is 3.58. The van der Waals surface area contributed by atoms with Gasteiger partial charge in [0.1, 0.15) is 5.82 Å². The molecule has 110 valence electrons. The highest BCUT2D eigenvalue weighted by Gasteiger charge is 2.27. The number of carbonyl (C=O) groups is 1. The fraction of sp³-hybridized carbons (Fsp3) is 0.375. The molecule has 0 spiro atoms. The van der Waals surface area contributed by atoms with E-state index in [4.69, 9.17) is 4.74 Å².